The number of carbonyl (C=O) groups is 1. The molecule has 188 valence electrons. The Labute approximate surface area is 216 Å². The first kappa shape index (κ1) is 25.7. The molecule has 0 unspecified atom stereocenters. The van der Waals surface area contributed by atoms with E-state index in [1.165, 1.54) is 4.80 Å². The minimum Gasteiger partial charge on any atom is -0.505 e. The van der Waals surface area contributed by atoms with E-state index in [1.807, 2.05) is 42.5 Å². The quantitative estimate of drug-likeness (QED) is 0.174. The summed E-state index contributed by atoms with van der Waals surface area (Å²) in [6, 6.07) is 19.7. The van der Waals surface area contributed by atoms with Gasteiger partial charge in [-0.3, -0.25) is 10.2 Å². The average Bonchev–Trinajstić information content (AvgIpc) is 3.22. The number of hydrazine groups is 1. The van der Waals surface area contributed by atoms with Crippen LogP contribution >= 0.6 is 11.8 Å². The lowest BCUT2D eigenvalue weighted by Crippen LogP contribution is -2.31. The molecule has 0 saturated carbocycles. The maximum Gasteiger partial charge on any atom is 0.238 e. The van der Waals surface area contributed by atoms with Crippen molar-refractivity contribution in [2.75, 3.05) is 0 Å². The van der Waals surface area contributed by atoms with Crippen molar-refractivity contribution < 1.29 is 9.90 Å². The van der Waals surface area contributed by atoms with Gasteiger partial charge in [0.05, 0.1) is 6.42 Å². The van der Waals surface area contributed by atoms with E-state index in [0.29, 0.717) is 11.2 Å². The van der Waals surface area contributed by atoms with Gasteiger partial charge in [-0.2, -0.15) is 0 Å². The van der Waals surface area contributed by atoms with Gasteiger partial charge in [0, 0.05) is 15.4 Å². The van der Waals surface area contributed by atoms with Crippen LogP contribution in [-0.4, -0.2) is 26.0 Å². The van der Waals surface area contributed by atoms with Gasteiger partial charge in [0.2, 0.25) is 5.91 Å². The Bertz CT molecular complexity index is 1390. The molecular formula is C28H33N5O2S. The molecule has 4 rings (SSSR count). The fraction of sp³-hybridized carbons (Fsp3) is 0.321. The molecule has 0 atom stereocenters. The summed E-state index contributed by atoms with van der Waals surface area (Å²) in [6.45, 7) is 10.7. The molecule has 4 N–H and O–H groups in total. The zero-order chi connectivity index (χ0) is 26.1. The smallest absolute Gasteiger partial charge is 0.238 e. The van der Waals surface area contributed by atoms with Gasteiger partial charge >= 0.3 is 0 Å². The molecule has 4 aromatic rings. The molecular weight excluding hydrogens is 470 g/mol. The van der Waals surface area contributed by atoms with Gasteiger partial charge in [-0.15, -0.1) is 15.0 Å². The number of carbonyl (C=O) groups excluding carboxylic acids is 1. The maximum atomic E-state index is 12.1. The molecule has 1 heterocycles. The number of phenolic OH excluding ortho intramolecular Hbond substituents is 1. The molecule has 1 aromatic heterocycles. The predicted octanol–water partition coefficient (Wildman–Crippen LogP) is 5.52. The van der Waals surface area contributed by atoms with Crippen molar-refractivity contribution in [1.82, 2.24) is 20.4 Å². The molecule has 0 aliphatic heterocycles. The molecule has 0 bridgehead atoms. The van der Waals surface area contributed by atoms with E-state index in [-0.39, 0.29) is 28.9 Å². The highest BCUT2D eigenvalue weighted by Crippen LogP contribution is 2.43. The molecule has 36 heavy (non-hydrogen) atoms. The lowest BCUT2D eigenvalue weighted by Gasteiger charge is -2.34. The van der Waals surface area contributed by atoms with E-state index in [9.17, 15) is 9.90 Å². The Kier molecular flexibility index (Phi) is 7.11. The number of phenols is 1. The molecule has 1 amide bonds. The summed E-state index contributed by atoms with van der Waals surface area (Å²) < 4.78 is 0. The standard InChI is InChI=1S/C28H33N5O2S/c1-27(2,3)17-28(4,5)21-13-18(15-25(34)30-29)14-24(26(21)35)33-31-22-12-11-20(16-23(22)32-33)36-19-9-7-6-8-10-19/h6-14,16,35H,15,17,29H2,1-5H3,(H,30,34). The fourth-order valence-corrected chi connectivity index (χ4v) is 5.67. The van der Waals surface area contributed by atoms with Crippen molar-refractivity contribution in [1.29, 1.82) is 0 Å². The number of nitrogens with zero attached hydrogens (tertiary/aromatic N) is 3. The molecule has 0 aliphatic carbocycles. The van der Waals surface area contributed by atoms with Gasteiger partial charge in [0.15, 0.2) is 0 Å². The lowest BCUT2D eigenvalue weighted by molar-refractivity contribution is -0.120. The van der Waals surface area contributed by atoms with E-state index in [1.54, 1.807) is 17.8 Å². The summed E-state index contributed by atoms with van der Waals surface area (Å²) in [6.07, 6.45) is 0.912. The number of nitrogens with two attached hydrogens (primary N) is 1. The van der Waals surface area contributed by atoms with Gasteiger partial charge in [-0.1, -0.05) is 70.6 Å². The Hall–Kier alpha value is -3.36. The Morgan fingerprint density at radius 1 is 0.972 bits per heavy atom. The van der Waals surface area contributed by atoms with Crippen LogP contribution in [0, 0.1) is 5.41 Å². The van der Waals surface area contributed by atoms with Crippen molar-refractivity contribution in [2.45, 2.75) is 62.7 Å². The molecule has 8 heteroatoms. The lowest BCUT2D eigenvalue weighted by atomic mass is 9.71. The van der Waals surface area contributed by atoms with Crippen LogP contribution in [-0.2, 0) is 16.6 Å². The third kappa shape index (κ3) is 5.88. The van der Waals surface area contributed by atoms with Crippen LogP contribution in [0.3, 0.4) is 0 Å². The summed E-state index contributed by atoms with van der Waals surface area (Å²) in [5.74, 6) is 5.14. The van der Waals surface area contributed by atoms with Crippen molar-refractivity contribution in [3.63, 3.8) is 0 Å². The second-order valence-electron chi connectivity index (χ2n) is 10.9. The number of hydrogen-bond donors (Lipinski definition) is 3. The minimum absolute atomic E-state index is 0.0339. The van der Waals surface area contributed by atoms with E-state index < -0.39 is 0 Å². The predicted molar refractivity (Wildman–Crippen MR) is 144 cm³/mol. The van der Waals surface area contributed by atoms with E-state index in [0.717, 1.165) is 32.9 Å². The van der Waals surface area contributed by atoms with Crippen molar-refractivity contribution in [2.24, 2.45) is 11.3 Å². The van der Waals surface area contributed by atoms with Crippen molar-refractivity contribution in [3.05, 3.63) is 71.8 Å². The largest absolute Gasteiger partial charge is 0.505 e. The van der Waals surface area contributed by atoms with Crippen LogP contribution in [0.2, 0.25) is 0 Å². The zero-order valence-electron chi connectivity index (χ0n) is 21.4. The first-order chi connectivity index (χ1) is 16.9. The van der Waals surface area contributed by atoms with E-state index in [4.69, 9.17) is 10.9 Å². The van der Waals surface area contributed by atoms with Gasteiger partial charge < -0.3 is 5.11 Å². The van der Waals surface area contributed by atoms with Gasteiger partial charge in [0.1, 0.15) is 22.5 Å². The normalized spacial score (nSPS) is 12.2. The summed E-state index contributed by atoms with van der Waals surface area (Å²) in [5, 5.41) is 20.8. The number of hydrogen-bond acceptors (Lipinski definition) is 6. The van der Waals surface area contributed by atoms with Crippen LogP contribution in [0.5, 0.6) is 5.75 Å². The molecule has 7 nitrogen and oxygen atoms in total. The van der Waals surface area contributed by atoms with Crippen LogP contribution < -0.4 is 11.3 Å². The molecule has 0 spiro atoms. The van der Waals surface area contributed by atoms with Crippen molar-refractivity contribution in [3.8, 4) is 11.4 Å². The van der Waals surface area contributed by atoms with E-state index >= 15 is 0 Å². The SMILES string of the molecule is CC(C)(C)CC(C)(C)c1cc(CC(=O)NN)cc(-n2nc3ccc(Sc4ccccc4)cc3n2)c1O. The zero-order valence-corrected chi connectivity index (χ0v) is 22.2. The van der Waals surface area contributed by atoms with Gasteiger partial charge in [-0.05, 0) is 59.2 Å². The highest BCUT2D eigenvalue weighted by atomic mass is 32.2. The van der Waals surface area contributed by atoms with Crippen LogP contribution in [0.25, 0.3) is 16.7 Å². The Morgan fingerprint density at radius 2 is 1.67 bits per heavy atom. The van der Waals surface area contributed by atoms with Gasteiger partial charge in [0.25, 0.3) is 0 Å². The maximum absolute atomic E-state index is 12.1. The summed E-state index contributed by atoms with van der Waals surface area (Å²) >= 11 is 1.65. The van der Waals surface area contributed by atoms with Crippen LogP contribution in [0.1, 0.15) is 52.2 Å². The summed E-state index contributed by atoms with van der Waals surface area (Å²) in [5.41, 5.74) is 5.20. The minimum atomic E-state index is -0.363. The molecule has 3 aromatic carbocycles. The Morgan fingerprint density at radius 3 is 2.33 bits per heavy atom. The van der Waals surface area contributed by atoms with Gasteiger partial charge in [-0.25, -0.2) is 5.84 Å². The molecule has 0 radical (unpaired) electrons. The number of nitrogens with one attached hydrogen (secondary N) is 1. The molecule has 0 aliphatic rings. The monoisotopic (exact) mass is 503 g/mol. The average molecular weight is 504 g/mol. The first-order valence-electron chi connectivity index (χ1n) is 11.9. The third-order valence-electron chi connectivity index (χ3n) is 5.92. The number of rotatable bonds is 7. The highest BCUT2D eigenvalue weighted by Gasteiger charge is 2.31. The number of amides is 1. The summed E-state index contributed by atoms with van der Waals surface area (Å²) in [7, 11) is 0. The molecule has 0 fully saturated rings. The number of fused-ring (bicyclic) bond motifs is 1. The third-order valence-corrected chi connectivity index (χ3v) is 6.92. The number of aromatic nitrogens is 3. The highest BCUT2D eigenvalue weighted by molar-refractivity contribution is 7.99. The topological polar surface area (TPSA) is 106 Å². The van der Waals surface area contributed by atoms with Crippen LogP contribution in [0.15, 0.2) is 70.5 Å². The molecule has 0 saturated heterocycles. The second-order valence-corrected chi connectivity index (χ2v) is 12.1. The Balaban J connectivity index is 1.79. The van der Waals surface area contributed by atoms with Crippen LogP contribution in [0.4, 0.5) is 0 Å². The number of benzene rings is 3. The second kappa shape index (κ2) is 9.95. The van der Waals surface area contributed by atoms with E-state index in [2.05, 4.69) is 57.3 Å². The van der Waals surface area contributed by atoms with Crippen molar-refractivity contribution >= 4 is 28.7 Å². The summed E-state index contributed by atoms with van der Waals surface area (Å²) in [4.78, 5) is 15.7. The first-order valence-corrected chi connectivity index (χ1v) is 12.7. The fourth-order valence-electron chi connectivity index (χ4n) is 4.80. The number of aromatic hydroxyl groups is 1.